The van der Waals surface area contributed by atoms with Crippen molar-refractivity contribution in [3.05, 3.63) is 22.8 Å². The molecule has 0 bridgehead atoms. The fourth-order valence-corrected chi connectivity index (χ4v) is 2.29. The number of halogens is 4. The Balaban J connectivity index is 1.79. The highest BCUT2D eigenvalue weighted by Gasteiger charge is 2.32. The van der Waals surface area contributed by atoms with Crippen molar-refractivity contribution in [1.82, 2.24) is 21.2 Å². The summed E-state index contributed by atoms with van der Waals surface area (Å²) in [5.74, 6) is -0.431. The van der Waals surface area contributed by atoms with Gasteiger partial charge < -0.3 is 10.1 Å². The van der Waals surface area contributed by atoms with Gasteiger partial charge in [0, 0.05) is 18.8 Å². The molecule has 2 rings (SSSR count). The Morgan fingerprint density at radius 3 is 2.87 bits per heavy atom. The van der Waals surface area contributed by atoms with Crippen LogP contribution in [0.15, 0.2) is 12.3 Å². The van der Waals surface area contributed by atoms with Gasteiger partial charge in [0.1, 0.15) is 11.6 Å². The number of nitrogens with one attached hydrogen (secondary N) is 3. The Bertz CT molecular complexity index is 571. The number of hydrogen-bond donors (Lipinski definition) is 3. The zero-order valence-corrected chi connectivity index (χ0v) is 13.0. The predicted molar refractivity (Wildman–Crippen MR) is 76.8 cm³/mol. The van der Waals surface area contributed by atoms with Gasteiger partial charge in [-0.25, -0.2) is 4.98 Å². The van der Waals surface area contributed by atoms with Crippen LogP contribution in [0.1, 0.15) is 12.5 Å². The summed E-state index contributed by atoms with van der Waals surface area (Å²) < 4.78 is 42.6. The third kappa shape index (κ3) is 4.69. The number of carbonyl (C=O) groups excluding carboxylic acids is 1. The van der Waals surface area contributed by atoms with E-state index in [0.717, 1.165) is 6.07 Å². The zero-order valence-electron chi connectivity index (χ0n) is 12.2. The molecular formula is C13H16ClF3N4O2. The first-order chi connectivity index (χ1) is 10.8. The summed E-state index contributed by atoms with van der Waals surface area (Å²) in [6.45, 7) is 2.65. The lowest BCUT2D eigenvalue weighted by Gasteiger charge is -2.14. The third-order valence-electron chi connectivity index (χ3n) is 3.37. The number of pyridine rings is 1. The van der Waals surface area contributed by atoms with E-state index in [1.54, 1.807) is 0 Å². The number of rotatable bonds is 5. The van der Waals surface area contributed by atoms with Crippen LogP contribution in [-0.4, -0.2) is 36.6 Å². The van der Waals surface area contributed by atoms with Crippen molar-refractivity contribution < 1.29 is 22.7 Å². The molecule has 1 amide bonds. The van der Waals surface area contributed by atoms with Gasteiger partial charge >= 0.3 is 6.18 Å². The molecule has 23 heavy (non-hydrogen) atoms. The molecule has 0 spiro atoms. The van der Waals surface area contributed by atoms with E-state index < -0.39 is 11.7 Å². The topological polar surface area (TPSA) is 75.3 Å². The first-order valence-corrected chi connectivity index (χ1v) is 7.28. The molecule has 1 aliphatic rings. The summed E-state index contributed by atoms with van der Waals surface area (Å²) in [5, 5.41) is 2.45. The summed E-state index contributed by atoms with van der Waals surface area (Å²) in [7, 11) is 0. The van der Waals surface area contributed by atoms with Gasteiger partial charge in [0.15, 0.2) is 0 Å². The van der Waals surface area contributed by atoms with Crippen LogP contribution in [0.25, 0.3) is 0 Å². The first-order valence-electron chi connectivity index (χ1n) is 6.90. The summed E-state index contributed by atoms with van der Waals surface area (Å²) >= 11 is 5.71. The van der Waals surface area contributed by atoms with Gasteiger partial charge in [0.05, 0.1) is 18.0 Å². The quantitative estimate of drug-likeness (QED) is 0.698. The first kappa shape index (κ1) is 17.8. The highest BCUT2D eigenvalue weighted by Crippen LogP contribution is 2.32. The van der Waals surface area contributed by atoms with Crippen LogP contribution in [0.2, 0.25) is 5.02 Å². The molecular weight excluding hydrogens is 337 g/mol. The summed E-state index contributed by atoms with van der Waals surface area (Å²) in [6.07, 6.45) is -3.86. The van der Waals surface area contributed by atoms with Crippen LogP contribution in [0.4, 0.5) is 13.2 Å². The highest BCUT2D eigenvalue weighted by atomic mass is 35.5. The molecule has 2 unspecified atom stereocenters. The van der Waals surface area contributed by atoms with Gasteiger partial charge in [0.2, 0.25) is 11.8 Å². The molecule has 1 aromatic rings. The Morgan fingerprint density at radius 1 is 1.57 bits per heavy atom. The summed E-state index contributed by atoms with van der Waals surface area (Å²) in [4.78, 5) is 15.4. The van der Waals surface area contributed by atoms with E-state index in [-0.39, 0.29) is 41.9 Å². The van der Waals surface area contributed by atoms with E-state index in [9.17, 15) is 18.0 Å². The fourth-order valence-electron chi connectivity index (χ4n) is 2.07. The standard InChI is InChI=1S/C13H16ClF3N4O2/c1-7-9(6-20-21-7)11(22)18-2-3-23-12-10(14)4-8(5-19-12)13(15,16)17/h4-5,7,9,20-21H,2-3,6H2,1H3,(H,18,22). The van der Waals surface area contributed by atoms with Crippen LogP contribution >= 0.6 is 11.6 Å². The van der Waals surface area contributed by atoms with E-state index in [2.05, 4.69) is 21.2 Å². The molecule has 2 atom stereocenters. The number of hydrogen-bond acceptors (Lipinski definition) is 5. The largest absolute Gasteiger partial charge is 0.475 e. The second-order valence-corrected chi connectivity index (χ2v) is 5.48. The van der Waals surface area contributed by atoms with E-state index in [1.165, 1.54) is 0 Å². The molecule has 1 saturated heterocycles. The maximum atomic E-state index is 12.5. The predicted octanol–water partition coefficient (Wildman–Crippen LogP) is 1.36. The van der Waals surface area contributed by atoms with Crippen LogP contribution in [0.5, 0.6) is 5.88 Å². The second-order valence-electron chi connectivity index (χ2n) is 5.07. The van der Waals surface area contributed by atoms with Crippen LogP contribution in [0, 0.1) is 5.92 Å². The fraction of sp³-hybridized carbons (Fsp3) is 0.538. The molecule has 0 aromatic carbocycles. The number of carbonyl (C=O) groups is 1. The number of ether oxygens (including phenoxy) is 1. The molecule has 0 radical (unpaired) electrons. The van der Waals surface area contributed by atoms with Gasteiger partial charge in [-0.05, 0) is 13.0 Å². The van der Waals surface area contributed by atoms with Crippen molar-refractivity contribution in [2.24, 2.45) is 5.92 Å². The highest BCUT2D eigenvalue weighted by molar-refractivity contribution is 6.31. The van der Waals surface area contributed by atoms with Gasteiger partial charge in [-0.3, -0.25) is 15.6 Å². The molecule has 1 aliphatic heterocycles. The van der Waals surface area contributed by atoms with E-state index in [4.69, 9.17) is 16.3 Å². The maximum Gasteiger partial charge on any atom is 0.417 e. The Labute approximate surface area is 135 Å². The van der Waals surface area contributed by atoms with E-state index >= 15 is 0 Å². The monoisotopic (exact) mass is 352 g/mol. The average Bonchev–Trinajstić information content (AvgIpc) is 2.90. The molecule has 1 fully saturated rings. The minimum atomic E-state index is -4.51. The SMILES string of the molecule is CC1NNCC1C(=O)NCCOc1ncc(C(F)(F)F)cc1Cl. The normalized spacial score (nSPS) is 21.3. The summed E-state index contributed by atoms with van der Waals surface area (Å²) in [6, 6.07) is 0.766. The van der Waals surface area contributed by atoms with Crippen LogP contribution in [0.3, 0.4) is 0 Å². The zero-order chi connectivity index (χ0) is 17.0. The summed E-state index contributed by atoms with van der Waals surface area (Å²) in [5.41, 5.74) is 4.87. The van der Waals surface area contributed by atoms with Crippen LogP contribution < -0.4 is 20.9 Å². The third-order valence-corrected chi connectivity index (χ3v) is 3.64. The van der Waals surface area contributed by atoms with E-state index in [1.807, 2.05) is 6.92 Å². The van der Waals surface area contributed by atoms with Gasteiger partial charge in [-0.15, -0.1) is 0 Å². The molecule has 6 nitrogen and oxygen atoms in total. The Morgan fingerprint density at radius 2 is 2.30 bits per heavy atom. The minimum absolute atomic E-state index is 0.0157. The number of aromatic nitrogens is 1. The minimum Gasteiger partial charge on any atom is -0.475 e. The van der Waals surface area contributed by atoms with Crippen molar-refractivity contribution in [3.63, 3.8) is 0 Å². The van der Waals surface area contributed by atoms with Gasteiger partial charge in [-0.1, -0.05) is 11.6 Å². The van der Waals surface area contributed by atoms with Gasteiger partial charge in [-0.2, -0.15) is 13.2 Å². The molecule has 2 heterocycles. The second kappa shape index (κ2) is 7.33. The lowest BCUT2D eigenvalue weighted by Crippen LogP contribution is -2.39. The van der Waals surface area contributed by atoms with Crippen molar-refractivity contribution in [1.29, 1.82) is 0 Å². The molecule has 0 saturated carbocycles. The van der Waals surface area contributed by atoms with Crippen LogP contribution in [-0.2, 0) is 11.0 Å². The lowest BCUT2D eigenvalue weighted by molar-refractivity contribution is -0.137. The molecule has 3 N–H and O–H groups in total. The molecule has 10 heteroatoms. The van der Waals surface area contributed by atoms with Crippen molar-refractivity contribution >= 4 is 17.5 Å². The molecule has 128 valence electrons. The number of nitrogens with zero attached hydrogens (tertiary/aromatic N) is 1. The molecule has 1 aromatic heterocycles. The Hall–Kier alpha value is -1.58. The van der Waals surface area contributed by atoms with E-state index in [0.29, 0.717) is 12.7 Å². The van der Waals surface area contributed by atoms with Crippen molar-refractivity contribution in [2.75, 3.05) is 19.7 Å². The average molecular weight is 353 g/mol. The number of amides is 1. The van der Waals surface area contributed by atoms with Crippen molar-refractivity contribution in [2.45, 2.75) is 19.1 Å². The lowest BCUT2D eigenvalue weighted by atomic mass is 10.0. The molecule has 0 aliphatic carbocycles. The number of alkyl halides is 3. The van der Waals surface area contributed by atoms with Crippen molar-refractivity contribution in [3.8, 4) is 5.88 Å². The Kier molecular flexibility index (Phi) is 5.66. The maximum absolute atomic E-state index is 12.5. The van der Waals surface area contributed by atoms with Gasteiger partial charge in [0.25, 0.3) is 0 Å². The smallest absolute Gasteiger partial charge is 0.417 e. The number of hydrazine groups is 1.